The molecule has 0 saturated heterocycles. The molecule has 4 nitrogen and oxygen atoms in total. The highest BCUT2D eigenvalue weighted by molar-refractivity contribution is 5.74. The van der Waals surface area contributed by atoms with E-state index in [9.17, 15) is 4.79 Å². The fourth-order valence-electron chi connectivity index (χ4n) is 1.72. The molecule has 0 aromatic carbocycles. The van der Waals surface area contributed by atoms with Crippen LogP contribution in [-0.2, 0) is 0 Å². The van der Waals surface area contributed by atoms with E-state index in [1.54, 1.807) is 0 Å². The first-order valence-corrected chi connectivity index (χ1v) is 6.33. The van der Waals surface area contributed by atoms with Crippen molar-refractivity contribution in [2.45, 2.75) is 38.6 Å². The van der Waals surface area contributed by atoms with Gasteiger partial charge in [-0.1, -0.05) is 6.92 Å². The Kier molecular flexibility index (Phi) is 5.60. The summed E-state index contributed by atoms with van der Waals surface area (Å²) >= 11 is 0. The van der Waals surface area contributed by atoms with E-state index in [1.165, 1.54) is 6.42 Å². The van der Waals surface area contributed by atoms with Gasteiger partial charge < -0.3 is 15.1 Å². The van der Waals surface area contributed by atoms with E-state index >= 15 is 0 Å². The summed E-state index contributed by atoms with van der Waals surface area (Å²) in [5.41, 5.74) is 0. The predicted octanol–water partition coefficient (Wildman–Crippen LogP) is 1.52. The summed E-state index contributed by atoms with van der Waals surface area (Å²) in [6.45, 7) is 4.71. The predicted molar refractivity (Wildman–Crippen MR) is 66.6 cm³/mol. The Balaban J connectivity index is 2.31. The Bertz CT molecular complexity index is 214. The van der Waals surface area contributed by atoms with Crippen LogP contribution < -0.4 is 5.32 Å². The van der Waals surface area contributed by atoms with Crippen molar-refractivity contribution in [1.29, 1.82) is 0 Å². The molecule has 0 heterocycles. The first-order valence-electron chi connectivity index (χ1n) is 6.33. The summed E-state index contributed by atoms with van der Waals surface area (Å²) in [6.07, 6.45) is 4.58. The molecule has 2 amide bonds. The third-order valence-electron chi connectivity index (χ3n) is 3.03. The molecule has 0 aromatic rings. The van der Waals surface area contributed by atoms with Gasteiger partial charge in [0, 0.05) is 25.7 Å². The third kappa shape index (κ3) is 4.39. The van der Waals surface area contributed by atoms with Gasteiger partial charge in [0.2, 0.25) is 0 Å². The fraction of sp³-hybridized carbons (Fsp3) is 0.917. The van der Waals surface area contributed by atoms with Crippen molar-refractivity contribution in [2.24, 2.45) is 0 Å². The van der Waals surface area contributed by atoms with E-state index in [-0.39, 0.29) is 6.03 Å². The number of carbonyl (C=O) groups excluding carboxylic acids is 1. The summed E-state index contributed by atoms with van der Waals surface area (Å²) in [5, 5.41) is 3.09. The van der Waals surface area contributed by atoms with Gasteiger partial charge in [0.05, 0.1) is 0 Å². The summed E-state index contributed by atoms with van der Waals surface area (Å²) < 4.78 is 0. The van der Waals surface area contributed by atoms with Gasteiger partial charge in [-0.25, -0.2) is 4.79 Å². The van der Waals surface area contributed by atoms with Crippen LogP contribution in [0.15, 0.2) is 0 Å². The van der Waals surface area contributed by atoms with Crippen molar-refractivity contribution in [2.75, 3.05) is 33.7 Å². The topological polar surface area (TPSA) is 35.6 Å². The summed E-state index contributed by atoms with van der Waals surface area (Å²) in [5.74, 6) is 0. The summed E-state index contributed by atoms with van der Waals surface area (Å²) in [4.78, 5) is 16.0. The zero-order valence-electron chi connectivity index (χ0n) is 10.8. The van der Waals surface area contributed by atoms with Crippen LogP contribution in [0.4, 0.5) is 4.79 Å². The zero-order valence-corrected chi connectivity index (χ0v) is 10.8. The molecule has 0 atom stereocenters. The van der Waals surface area contributed by atoms with Gasteiger partial charge in [0.15, 0.2) is 0 Å². The molecular formula is C12H25N3O. The minimum Gasteiger partial charge on any atom is -0.335 e. The smallest absolute Gasteiger partial charge is 0.317 e. The number of rotatable bonds is 6. The maximum absolute atomic E-state index is 11.9. The average Bonchev–Trinajstić information content (AvgIpc) is 2.17. The molecule has 94 valence electrons. The molecule has 0 aliphatic heterocycles. The standard InChI is InChI=1S/C12H25N3O/c1-4-8-15(10-9-14(2)3)12(16)13-11-6-5-7-11/h11H,4-10H2,1-3H3,(H,13,16). The van der Waals surface area contributed by atoms with Crippen LogP contribution in [0, 0.1) is 0 Å². The number of likely N-dealkylation sites (N-methyl/N-ethyl adjacent to an activating group) is 1. The minimum atomic E-state index is 0.119. The summed E-state index contributed by atoms with van der Waals surface area (Å²) in [6, 6.07) is 0.555. The van der Waals surface area contributed by atoms with Crippen LogP contribution in [0.5, 0.6) is 0 Å². The number of carbonyl (C=O) groups is 1. The lowest BCUT2D eigenvalue weighted by Crippen LogP contribution is -2.49. The maximum Gasteiger partial charge on any atom is 0.317 e. The lowest BCUT2D eigenvalue weighted by atomic mass is 9.93. The van der Waals surface area contributed by atoms with Crippen LogP contribution in [0.25, 0.3) is 0 Å². The van der Waals surface area contributed by atoms with Gasteiger partial charge in [-0.05, 0) is 39.8 Å². The van der Waals surface area contributed by atoms with Gasteiger partial charge in [0.1, 0.15) is 0 Å². The molecular weight excluding hydrogens is 202 g/mol. The van der Waals surface area contributed by atoms with Gasteiger partial charge in [-0.2, -0.15) is 0 Å². The van der Waals surface area contributed by atoms with E-state index in [1.807, 2.05) is 19.0 Å². The van der Waals surface area contributed by atoms with Crippen molar-refractivity contribution in [3.63, 3.8) is 0 Å². The Morgan fingerprint density at radius 3 is 2.38 bits per heavy atom. The molecule has 1 N–H and O–H groups in total. The second-order valence-corrected chi connectivity index (χ2v) is 4.87. The Morgan fingerprint density at radius 2 is 1.94 bits per heavy atom. The van der Waals surface area contributed by atoms with Crippen LogP contribution in [0.3, 0.4) is 0 Å². The lowest BCUT2D eigenvalue weighted by molar-refractivity contribution is 0.181. The zero-order chi connectivity index (χ0) is 12.0. The Hall–Kier alpha value is -0.770. The average molecular weight is 227 g/mol. The third-order valence-corrected chi connectivity index (χ3v) is 3.03. The first-order chi connectivity index (χ1) is 7.63. The second-order valence-electron chi connectivity index (χ2n) is 4.87. The van der Waals surface area contributed by atoms with Gasteiger partial charge >= 0.3 is 6.03 Å². The molecule has 1 rings (SSSR count). The highest BCUT2D eigenvalue weighted by Crippen LogP contribution is 2.18. The first kappa shape index (κ1) is 13.3. The van der Waals surface area contributed by atoms with Crippen molar-refractivity contribution >= 4 is 6.03 Å². The number of amides is 2. The number of hydrogen-bond donors (Lipinski definition) is 1. The highest BCUT2D eigenvalue weighted by Gasteiger charge is 2.22. The van der Waals surface area contributed by atoms with Crippen LogP contribution in [0.1, 0.15) is 32.6 Å². The van der Waals surface area contributed by atoms with Crippen molar-refractivity contribution in [3.8, 4) is 0 Å². The van der Waals surface area contributed by atoms with E-state index < -0.39 is 0 Å². The van der Waals surface area contributed by atoms with Crippen molar-refractivity contribution in [3.05, 3.63) is 0 Å². The Labute approximate surface area is 99.0 Å². The quantitative estimate of drug-likeness (QED) is 0.747. The Morgan fingerprint density at radius 1 is 1.25 bits per heavy atom. The molecule has 1 fully saturated rings. The van der Waals surface area contributed by atoms with E-state index in [4.69, 9.17) is 0 Å². The monoisotopic (exact) mass is 227 g/mol. The largest absolute Gasteiger partial charge is 0.335 e. The summed E-state index contributed by atoms with van der Waals surface area (Å²) in [7, 11) is 4.07. The van der Waals surface area contributed by atoms with Crippen LogP contribution in [0.2, 0.25) is 0 Å². The number of hydrogen-bond acceptors (Lipinski definition) is 2. The second kappa shape index (κ2) is 6.74. The minimum absolute atomic E-state index is 0.119. The molecule has 0 radical (unpaired) electrons. The highest BCUT2D eigenvalue weighted by atomic mass is 16.2. The van der Waals surface area contributed by atoms with Crippen molar-refractivity contribution < 1.29 is 4.79 Å². The SMILES string of the molecule is CCCN(CCN(C)C)C(=O)NC1CCC1. The molecule has 0 bridgehead atoms. The molecule has 0 unspecified atom stereocenters. The van der Waals surface area contributed by atoms with Crippen LogP contribution >= 0.6 is 0 Å². The number of urea groups is 1. The normalized spacial score (nSPS) is 16.0. The maximum atomic E-state index is 11.9. The fourth-order valence-corrected chi connectivity index (χ4v) is 1.72. The molecule has 1 saturated carbocycles. The molecule has 0 spiro atoms. The van der Waals surface area contributed by atoms with Crippen molar-refractivity contribution in [1.82, 2.24) is 15.1 Å². The molecule has 16 heavy (non-hydrogen) atoms. The van der Waals surface area contributed by atoms with Gasteiger partial charge in [-0.15, -0.1) is 0 Å². The lowest BCUT2D eigenvalue weighted by Gasteiger charge is -2.31. The molecule has 4 heteroatoms. The van der Waals surface area contributed by atoms with Crippen LogP contribution in [-0.4, -0.2) is 55.6 Å². The van der Waals surface area contributed by atoms with E-state index in [0.29, 0.717) is 6.04 Å². The van der Waals surface area contributed by atoms with Gasteiger partial charge in [-0.3, -0.25) is 0 Å². The number of nitrogens with one attached hydrogen (secondary N) is 1. The number of nitrogens with zero attached hydrogens (tertiary/aromatic N) is 2. The van der Waals surface area contributed by atoms with E-state index in [2.05, 4.69) is 17.1 Å². The molecule has 1 aliphatic rings. The van der Waals surface area contributed by atoms with E-state index in [0.717, 1.165) is 38.9 Å². The molecule has 0 aromatic heterocycles. The molecule has 1 aliphatic carbocycles. The van der Waals surface area contributed by atoms with Gasteiger partial charge in [0.25, 0.3) is 0 Å².